The number of nitrogens with zero attached hydrogens (tertiary/aromatic N) is 2. The molecule has 2 fully saturated rings. The number of rotatable bonds is 6. The zero-order chi connectivity index (χ0) is 23.3. The van der Waals surface area contributed by atoms with Gasteiger partial charge in [-0.3, -0.25) is 9.59 Å². The second-order valence-corrected chi connectivity index (χ2v) is 9.64. The Morgan fingerprint density at radius 1 is 0.970 bits per heavy atom. The molecule has 2 aromatic carbocycles. The molecule has 2 aliphatic rings. The van der Waals surface area contributed by atoms with Gasteiger partial charge in [0, 0.05) is 48.6 Å². The van der Waals surface area contributed by atoms with Crippen LogP contribution in [0.15, 0.2) is 48.5 Å². The molecule has 2 aliphatic heterocycles. The highest BCUT2D eigenvalue weighted by molar-refractivity contribution is 6.30. The van der Waals surface area contributed by atoms with Gasteiger partial charge in [0.25, 0.3) is 5.91 Å². The van der Waals surface area contributed by atoms with Gasteiger partial charge in [-0.25, -0.2) is 4.39 Å². The standard InChI is InChI=1S/C26H30ClFN2O3/c27-21-8-10-23(11-9-21)33-19-26(17-24(31)29-13-2-1-3-14-29)12-5-15-30(18-26)25(32)20-6-4-7-22(28)16-20/h4,6-11,16H,1-3,5,12-15,17-19H2/t26-/m0/s1. The van der Waals surface area contributed by atoms with Crippen molar-refractivity contribution in [3.8, 4) is 5.75 Å². The molecule has 7 heteroatoms. The van der Waals surface area contributed by atoms with Crippen molar-refractivity contribution in [3.05, 3.63) is 64.9 Å². The van der Waals surface area contributed by atoms with E-state index in [1.54, 1.807) is 41.3 Å². The van der Waals surface area contributed by atoms with Crippen molar-refractivity contribution in [2.45, 2.75) is 38.5 Å². The minimum Gasteiger partial charge on any atom is -0.493 e. The second kappa shape index (κ2) is 10.6. The normalized spacial score (nSPS) is 21.0. The zero-order valence-corrected chi connectivity index (χ0v) is 19.5. The van der Waals surface area contributed by atoms with E-state index in [9.17, 15) is 14.0 Å². The predicted octanol–water partition coefficient (Wildman–Crippen LogP) is 5.18. The quantitative estimate of drug-likeness (QED) is 0.581. The summed E-state index contributed by atoms with van der Waals surface area (Å²) in [7, 11) is 0. The smallest absolute Gasteiger partial charge is 0.253 e. The summed E-state index contributed by atoms with van der Waals surface area (Å²) in [6, 6.07) is 12.9. The summed E-state index contributed by atoms with van der Waals surface area (Å²) >= 11 is 5.99. The van der Waals surface area contributed by atoms with Gasteiger partial charge >= 0.3 is 0 Å². The van der Waals surface area contributed by atoms with Crippen LogP contribution in [0.3, 0.4) is 0 Å². The van der Waals surface area contributed by atoms with Crippen LogP contribution >= 0.6 is 11.6 Å². The molecular formula is C26H30ClFN2O3. The average molecular weight is 473 g/mol. The van der Waals surface area contributed by atoms with Crippen LogP contribution in [0.25, 0.3) is 0 Å². The average Bonchev–Trinajstić information content (AvgIpc) is 2.84. The number of hydrogen-bond acceptors (Lipinski definition) is 3. The number of amides is 2. The van der Waals surface area contributed by atoms with Gasteiger partial charge in [-0.15, -0.1) is 0 Å². The summed E-state index contributed by atoms with van der Waals surface area (Å²) < 4.78 is 19.8. The van der Waals surface area contributed by atoms with Gasteiger partial charge in [-0.05, 0) is 74.6 Å². The number of carbonyl (C=O) groups excluding carboxylic acids is 2. The lowest BCUT2D eigenvalue weighted by molar-refractivity contribution is -0.136. The summed E-state index contributed by atoms with van der Waals surface area (Å²) in [5.74, 6) is 0.151. The summed E-state index contributed by atoms with van der Waals surface area (Å²) in [5, 5.41) is 0.627. The van der Waals surface area contributed by atoms with Crippen molar-refractivity contribution in [2.24, 2.45) is 5.41 Å². The third-order valence-corrected chi connectivity index (χ3v) is 6.87. The van der Waals surface area contributed by atoms with Crippen molar-refractivity contribution in [3.63, 3.8) is 0 Å². The van der Waals surface area contributed by atoms with Gasteiger partial charge in [0.2, 0.25) is 5.91 Å². The Labute approximate surface area is 199 Å². The van der Waals surface area contributed by atoms with Gasteiger partial charge < -0.3 is 14.5 Å². The molecule has 2 saturated heterocycles. The number of likely N-dealkylation sites (tertiary alicyclic amines) is 2. The van der Waals surface area contributed by atoms with Crippen LogP contribution in [0, 0.1) is 11.2 Å². The SMILES string of the molecule is O=C(C[C@@]1(COc2ccc(Cl)cc2)CCCN(C(=O)c2cccc(F)c2)C1)N1CCCCC1. The van der Waals surface area contributed by atoms with Crippen LogP contribution in [0.4, 0.5) is 4.39 Å². The van der Waals surface area contributed by atoms with Crippen molar-refractivity contribution in [2.75, 3.05) is 32.8 Å². The molecule has 0 bridgehead atoms. The Balaban J connectivity index is 1.53. The van der Waals surface area contributed by atoms with Gasteiger partial charge in [0.05, 0.1) is 6.61 Å². The third kappa shape index (κ3) is 6.05. The Bertz CT molecular complexity index is 978. The largest absolute Gasteiger partial charge is 0.493 e. The van der Waals surface area contributed by atoms with Crippen LogP contribution in [0.1, 0.15) is 48.9 Å². The highest BCUT2D eigenvalue weighted by Gasteiger charge is 2.41. The molecule has 1 atom stereocenters. The molecule has 4 rings (SSSR count). The monoisotopic (exact) mass is 472 g/mol. The molecule has 0 aliphatic carbocycles. The molecule has 0 saturated carbocycles. The molecule has 0 unspecified atom stereocenters. The molecule has 176 valence electrons. The Hall–Kier alpha value is -2.60. The maximum absolute atomic E-state index is 13.7. The number of benzene rings is 2. The number of piperidine rings is 2. The van der Waals surface area contributed by atoms with Crippen LogP contribution < -0.4 is 4.74 Å². The fourth-order valence-corrected chi connectivity index (χ4v) is 4.97. The molecule has 5 nitrogen and oxygen atoms in total. The topological polar surface area (TPSA) is 49.9 Å². The van der Waals surface area contributed by atoms with E-state index in [1.807, 2.05) is 4.90 Å². The lowest BCUT2D eigenvalue weighted by Gasteiger charge is -2.43. The summed E-state index contributed by atoms with van der Waals surface area (Å²) in [6.45, 7) is 2.88. The molecule has 2 amide bonds. The summed E-state index contributed by atoms with van der Waals surface area (Å²) in [6.07, 6.45) is 5.10. The Morgan fingerprint density at radius 2 is 1.70 bits per heavy atom. The van der Waals surface area contributed by atoms with E-state index < -0.39 is 11.2 Å². The van der Waals surface area contributed by atoms with E-state index in [2.05, 4.69) is 0 Å². The lowest BCUT2D eigenvalue weighted by atomic mass is 9.77. The van der Waals surface area contributed by atoms with Crippen LogP contribution in [0.2, 0.25) is 5.02 Å². The summed E-state index contributed by atoms with van der Waals surface area (Å²) in [5.41, 5.74) is -0.179. The van der Waals surface area contributed by atoms with E-state index >= 15 is 0 Å². The third-order valence-electron chi connectivity index (χ3n) is 6.61. The molecule has 0 N–H and O–H groups in total. The van der Waals surface area contributed by atoms with E-state index in [0.717, 1.165) is 45.2 Å². The highest BCUT2D eigenvalue weighted by atomic mass is 35.5. The highest BCUT2D eigenvalue weighted by Crippen LogP contribution is 2.36. The first-order chi connectivity index (χ1) is 15.9. The molecular weight excluding hydrogens is 443 g/mol. The first kappa shape index (κ1) is 23.6. The van der Waals surface area contributed by atoms with Crippen molar-refractivity contribution in [1.82, 2.24) is 9.80 Å². The summed E-state index contributed by atoms with van der Waals surface area (Å²) in [4.78, 5) is 30.1. The van der Waals surface area contributed by atoms with Crippen LogP contribution in [-0.2, 0) is 4.79 Å². The number of halogens is 2. The minimum absolute atomic E-state index is 0.120. The maximum Gasteiger partial charge on any atom is 0.253 e. The molecule has 0 radical (unpaired) electrons. The van der Waals surface area contributed by atoms with Gasteiger partial charge in [-0.2, -0.15) is 0 Å². The van der Waals surface area contributed by atoms with Crippen molar-refractivity contribution in [1.29, 1.82) is 0 Å². The number of ether oxygens (including phenoxy) is 1. The number of carbonyl (C=O) groups is 2. The van der Waals surface area contributed by atoms with Gasteiger partial charge in [0.1, 0.15) is 11.6 Å². The fourth-order valence-electron chi connectivity index (χ4n) is 4.84. The Kier molecular flexibility index (Phi) is 7.53. The second-order valence-electron chi connectivity index (χ2n) is 9.20. The van der Waals surface area contributed by atoms with Crippen molar-refractivity contribution < 1.29 is 18.7 Å². The first-order valence-corrected chi connectivity index (χ1v) is 12.0. The fraction of sp³-hybridized carbons (Fsp3) is 0.462. The first-order valence-electron chi connectivity index (χ1n) is 11.7. The van der Waals surface area contributed by atoms with Gasteiger partial charge in [0.15, 0.2) is 0 Å². The van der Waals surface area contributed by atoms with E-state index in [1.165, 1.54) is 12.1 Å². The maximum atomic E-state index is 13.7. The van der Waals surface area contributed by atoms with Crippen LogP contribution in [-0.4, -0.2) is 54.4 Å². The molecule has 0 spiro atoms. The lowest BCUT2D eigenvalue weighted by Crippen LogP contribution is -2.51. The van der Waals surface area contributed by atoms with Gasteiger partial charge in [-0.1, -0.05) is 17.7 Å². The van der Waals surface area contributed by atoms with E-state index in [0.29, 0.717) is 42.5 Å². The van der Waals surface area contributed by atoms with E-state index in [-0.39, 0.29) is 11.8 Å². The van der Waals surface area contributed by atoms with Crippen LogP contribution in [0.5, 0.6) is 5.75 Å². The molecule has 2 heterocycles. The Morgan fingerprint density at radius 3 is 2.42 bits per heavy atom. The molecule has 2 aromatic rings. The van der Waals surface area contributed by atoms with Crippen molar-refractivity contribution >= 4 is 23.4 Å². The minimum atomic E-state index is -0.505. The molecule has 33 heavy (non-hydrogen) atoms. The number of hydrogen-bond donors (Lipinski definition) is 0. The zero-order valence-electron chi connectivity index (χ0n) is 18.8. The predicted molar refractivity (Wildman–Crippen MR) is 126 cm³/mol. The van der Waals surface area contributed by atoms with E-state index in [4.69, 9.17) is 16.3 Å². The molecule has 0 aromatic heterocycles.